The number of nitrogens with zero attached hydrogens (tertiary/aromatic N) is 2. The molecule has 2 aromatic rings. The number of benzene rings is 1. The summed E-state index contributed by atoms with van der Waals surface area (Å²) in [5, 5.41) is 27.5. The van der Waals surface area contributed by atoms with Crippen LogP contribution in [0.2, 0.25) is 0 Å². The fraction of sp³-hybridized carbons (Fsp3) is 0.560. The van der Waals surface area contributed by atoms with Crippen LogP contribution in [-0.4, -0.2) is 59.1 Å². The van der Waals surface area contributed by atoms with Gasteiger partial charge in [-0.2, -0.15) is 5.26 Å². The molecule has 0 spiro atoms. The van der Waals surface area contributed by atoms with Crippen molar-refractivity contribution in [2.45, 2.75) is 50.4 Å². The first-order valence-electron chi connectivity index (χ1n) is 12.1. The number of aliphatic hydroxyl groups is 1. The summed E-state index contributed by atoms with van der Waals surface area (Å²) in [5.74, 6) is 1.06. The highest BCUT2D eigenvalue weighted by atomic mass is 16.5. The quantitative estimate of drug-likeness (QED) is 0.470. The van der Waals surface area contributed by atoms with E-state index < -0.39 is 18.3 Å². The van der Waals surface area contributed by atoms with Gasteiger partial charge in [0, 0.05) is 29.9 Å². The molecule has 9 nitrogen and oxygen atoms in total. The van der Waals surface area contributed by atoms with Gasteiger partial charge in [0.05, 0.1) is 24.9 Å². The van der Waals surface area contributed by atoms with Crippen molar-refractivity contribution in [1.29, 1.82) is 5.26 Å². The van der Waals surface area contributed by atoms with Gasteiger partial charge in [-0.1, -0.05) is 6.07 Å². The van der Waals surface area contributed by atoms with Crippen molar-refractivity contribution in [3.63, 3.8) is 0 Å². The highest BCUT2D eigenvalue weighted by Crippen LogP contribution is 2.45. The van der Waals surface area contributed by atoms with E-state index in [1.165, 1.54) is 0 Å². The zero-order valence-electron chi connectivity index (χ0n) is 19.3. The fourth-order valence-electron chi connectivity index (χ4n) is 5.54. The SMILES string of the molecule is COc1cccc2[nH]c(C(O)N3C[C@H](C4CC4)C[C@H]3C(=O)N[C@H](C#N)C[C@@H]3CCNC3=O)cc12. The standard InChI is InChI=1S/C25H31N5O4/c1-34-22-4-2-3-19-18(22)11-20(29-19)25(33)30-13-16(14-5-6-14)10-21(30)24(32)28-17(12-26)9-15-7-8-27-23(15)31/h2-4,11,14-17,21,25,29,33H,5-10,13H2,1H3,(H,27,31)(H,28,32)/t15-,16+,17-,21-,25?/m0/s1. The van der Waals surface area contributed by atoms with Gasteiger partial charge in [-0.05, 0) is 62.1 Å². The molecular weight excluding hydrogens is 434 g/mol. The second-order valence-electron chi connectivity index (χ2n) is 9.77. The lowest BCUT2D eigenvalue weighted by Crippen LogP contribution is -2.48. The number of ether oxygens (including phenoxy) is 1. The van der Waals surface area contributed by atoms with E-state index in [1.807, 2.05) is 29.2 Å². The number of carbonyl (C=O) groups excluding carboxylic acids is 2. The predicted molar refractivity (Wildman–Crippen MR) is 124 cm³/mol. The van der Waals surface area contributed by atoms with Crippen molar-refractivity contribution in [1.82, 2.24) is 20.5 Å². The highest BCUT2D eigenvalue weighted by Gasteiger charge is 2.46. The van der Waals surface area contributed by atoms with Crippen LogP contribution in [0.1, 0.15) is 44.0 Å². The van der Waals surface area contributed by atoms with Crippen LogP contribution in [0.15, 0.2) is 24.3 Å². The summed E-state index contributed by atoms with van der Waals surface area (Å²) in [6, 6.07) is 8.41. The van der Waals surface area contributed by atoms with Crippen LogP contribution < -0.4 is 15.4 Å². The number of likely N-dealkylation sites (tertiary alicyclic amines) is 1. The van der Waals surface area contributed by atoms with Crippen LogP contribution in [0.25, 0.3) is 10.9 Å². The second-order valence-corrected chi connectivity index (χ2v) is 9.77. The fourth-order valence-corrected chi connectivity index (χ4v) is 5.54. The Kier molecular flexibility index (Phi) is 6.19. The number of carbonyl (C=O) groups is 2. The van der Waals surface area contributed by atoms with E-state index >= 15 is 0 Å². The molecule has 4 N–H and O–H groups in total. The van der Waals surface area contributed by atoms with E-state index in [9.17, 15) is 20.0 Å². The average Bonchev–Trinajstić information content (AvgIpc) is 3.25. The summed E-state index contributed by atoms with van der Waals surface area (Å²) in [5.41, 5.74) is 1.46. The Bertz CT molecular complexity index is 1120. The first kappa shape index (κ1) is 22.7. The second kappa shape index (κ2) is 9.28. The summed E-state index contributed by atoms with van der Waals surface area (Å²) in [4.78, 5) is 30.4. The van der Waals surface area contributed by atoms with Crippen LogP contribution in [0, 0.1) is 29.1 Å². The maximum atomic E-state index is 13.3. The maximum Gasteiger partial charge on any atom is 0.238 e. The number of aromatic nitrogens is 1. The molecule has 180 valence electrons. The van der Waals surface area contributed by atoms with Gasteiger partial charge in [-0.15, -0.1) is 0 Å². The first-order valence-corrected chi connectivity index (χ1v) is 12.1. The zero-order chi connectivity index (χ0) is 23.8. The highest BCUT2D eigenvalue weighted by molar-refractivity contribution is 5.87. The minimum atomic E-state index is -0.988. The Hall–Kier alpha value is -3.09. The lowest BCUT2D eigenvalue weighted by Gasteiger charge is -2.29. The summed E-state index contributed by atoms with van der Waals surface area (Å²) < 4.78 is 5.44. The molecule has 34 heavy (non-hydrogen) atoms. The Morgan fingerprint density at radius 1 is 1.35 bits per heavy atom. The van der Waals surface area contributed by atoms with Crippen molar-refractivity contribution < 1.29 is 19.4 Å². The van der Waals surface area contributed by atoms with Crippen LogP contribution >= 0.6 is 0 Å². The Morgan fingerprint density at radius 2 is 2.18 bits per heavy atom. The molecule has 2 saturated heterocycles. The molecule has 5 rings (SSSR count). The molecule has 5 atom stereocenters. The van der Waals surface area contributed by atoms with Gasteiger partial charge in [0.1, 0.15) is 18.0 Å². The van der Waals surface area contributed by atoms with Crippen molar-refractivity contribution in [2.24, 2.45) is 17.8 Å². The number of methoxy groups -OCH3 is 1. The molecule has 1 aliphatic carbocycles. The van der Waals surface area contributed by atoms with E-state index in [2.05, 4.69) is 21.7 Å². The Labute approximate surface area is 198 Å². The van der Waals surface area contributed by atoms with E-state index in [1.54, 1.807) is 7.11 Å². The summed E-state index contributed by atoms with van der Waals surface area (Å²) in [6.45, 7) is 1.23. The number of aromatic amines is 1. The molecule has 2 aliphatic heterocycles. The molecule has 9 heteroatoms. The number of aliphatic hydroxyl groups excluding tert-OH is 1. The van der Waals surface area contributed by atoms with E-state index in [0.717, 1.165) is 23.7 Å². The molecule has 3 aliphatic rings. The largest absolute Gasteiger partial charge is 0.496 e. The predicted octanol–water partition coefficient (Wildman–Crippen LogP) is 1.80. The van der Waals surface area contributed by atoms with Crippen LogP contribution in [-0.2, 0) is 9.59 Å². The third-order valence-corrected chi connectivity index (χ3v) is 7.58. The Balaban J connectivity index is 1.34. The van der Waals surface area contributed by atoms with Crippen LogP contribution in [0.3, 0.4) is 0 Å². The zero-order valence-corrected chi connectivity index (χ0v) is 19.3. The third kappa shape index (κ3) is 4.36. The molecule has 0 bridgehead atoms. The number of fused-ring (bicyclic) bond motifs is 1. The van der Waals surface area contributed by atoms with Crippen molar-refractivity contribution >= 4 is 22.7 Å². The topological polar surface area (TPSA) is 130 Å². The Morgan fingerprint density at radius 3 is 2.85 bits per heavy atom. The maximum absolute atomic E-state index is 13.3. The van der Waals surface area contributed by atoms with Gasteiger partial charge >= 0.3 is 0 Å². The smallest absolute Gasteiger partial charge is 0.238 e. The summed E-state index contributed by atoms with van der Waals surface area (Å²) in [6.07, 6.45) is 2.96. The number of H-pyrrole nitrogens is 1. The van der Waals surface area contributed by atoms with Gasteiger partial charge in [0.15, 0.2) is 0 Å². The lowest BCUT2D eigenvalue weighted by molar-refractivity contribution is -0.130. The molecule has 1 saturated carbocycles. The first-order chi connectivity index (χ1) is 16.5. The molecule has 2 amide bonds. The van der Waals surface area contributed by atoms with Crippen LogP contribution in [0.4, 0.5) is 0 Å². The van der Waals surface area contributed by atoms with Gasteiger partial charge in [0.2, 0.25) is 11.8 Å². The number of nitrogens with one attached hydrogen (secondary N) is 3. The van der Waals surface area contributed by atoms with Gasteiger partial charge in [-0.25, -0.2) is 0 Å². The number of nitriles is 1. The van der Waals surface area contributed by atoms with E-state index in [4.69, 9.17) is 4.74 Å². The van der Waals surface area contributed by atoms with E-state index in [0.29, 0.717) is 55.6 Å². The minimum absolute atomic E-state index is 0.0598. The van der Waals surface area contributed by atoms with Gasteiger partial charge in [-0.3, -0.25) is 14.5 Å². The molecule has 3 fully saturated rings. The average molecular weight is 466 g/mol. The van der Waals surface area contributed by atoms with Crippen molar-refractivity contribution in [3.8, 4) is 11.8 Å². The molecule has 1 aromatic heterocycles. The van der Waals surface area contributed by atoms with Crippen molar-refractivity contribution in [2.75, 3.05) is 20.2 Å². The number of amides is 2. The molecular formula is C25H31N5O4. The summed E-state index contributed by atoms with van der Waals surface area (Å²) >= 11 is 0. The summed E-state index contributed by atoms with van der Waals surface area (Å²) in [7, 11) is 1.61. The van der Waals surface area contributed by atoms with Gasteiger partial charge in [0.25, 0.3) is 0 Å². The molecule has 3 heterocycles. The van der Waals surface area contributed by atoms with Crippen LogP contribution in [0.5, 0.6) is 5.75 Å². The lowest BCUT2D eigenvalue weighted by atomic mass is 9.97. The monoisotopic (exact) mass is 465 g/mol. The number of hydrogen-bond donors (Lipinski definition) is 4. The third-order valence-electron chi connectivity index (χ3n) is 7.58. The van der Waals surface area contributed by atoms with E-state index in [-0.39, 0.29) is 17.7 Å². The number of rotatable bonds is 8. The number of hydrogen-bond acceptors (Lipinski definition) is 6. The normalized spacial score (nSPS) is 26.7. The molecule has 0 radical (unpaired) electrons. The molecule has 1 aromatic carbocycles. The minimum Gasteiger partial charge on any atom is -0.496 e. The molecule has 1 unspecified atom stereocenters. The van der Waals surface area contributed by atoms with Crippen molar-refractivity contribution in [3.05, 3.63) is 30.0 Å². The van der Waals surface area contributed by atoms with Gasteiger partial charge < -0.3 is 25.5 Å².